The van der Waals surface area contributed by atoms with E-state index < -0.39 is 5.54 Å². The zero-order valence-electron chi connectivity index (χ0n) is 20.6. The molecule has 1 fully saturated rings. The van der Waals surface area contributed by atoms with Gasteiger partial charge in [-0.1, -0.05) is 6.07 Å². The Morgan fingerprint density at radius 2 is 2.14 bits per heavy atom. The highest BCUT2D eigenvalue weighted by Gasteiger charge is 2.34. The van der Waals surface area contributed by atoms with Gasteiger partial charge in [-0.2, -0.15) is 0 Å². The van der Waals surface area contributed by atoms with E-state index in [1.807, 2.05) is 32.2 Å². The van der Waals surface area contributed by atoms with E-state index in [0.717, 1.165) is 24.8 Å². The predicted molar refractivity (Wildman–Crippen MR) is 133 cm³/mol. The molecular weight excluding hydrogens is 469 g/mol. The Morgan fingerprint density at radius 3 is 2.86 bits per heavy atom. The molecule has 2 aliphatic rings. The number of fused-ring (bicyclic) bond motifs is 1. The van der Waals surface area contributed by atoms with Gasteiger partial charge in [0.1, 0.15) is 24.7 Å². The number of benzene rings is 1. The number of nitrogens with one attached hydrogen (secondary N) is 1. The summed E-state index contributed by atoms with van der Waals surface area (Å²) in [6.07, 6.45) is 2.53. The van der Waals surface area contributed by atoms with E-state index in [4.69, 9.17) is 9.47 Å². The first kappa shape index (κ1) is 25.4. The fourth-order valence-electron chi connectivity index (χ4n) is 4.51. The van der Waals surface area contributed by atoms with Crippen LogP contribution in [0.4, 0.5) is 9.18 Å². The van der Waals surface area contributed by atoms with Gasteiger partial charge in [-0.25, -0.2) is 9.18 Å². The highest BCUT2D eigenvalue weighted by atomic mass is 32.1. The van der Waals surface area contributed by atoms with E-state index in [9.17, 15) is 14.0 Å². The first-order chi connectivity index (χ1) is 16.7. The Bertz CT molecular complexity index is 1030. The maximum atomic E-state index is 13.6. The van der Waals surface area contributed by atoms with Crippen LogP contribution in [-0.2, 0) is 16.0 Å². The molecule has 1 aromatic carbocycles. The Hall–Kier alpha value is -2.65. The van der Waals surface area contributed by atoms with Crippen LogP contribution in [-0.4, -0.2) is 66.2 Å². The zero-order valence-corrected chi connectivity index (χ0v) is 21.4. The monoisotopic (exact) mass is 503 g/mol. The number of halogens is 1. The van der Waals surface area contributed by atoms with Gasteiger partial charge in [-0.05, 0) is 69.2 Å². The molecule has 3 amide bonds. The highest BCUT2D eigenvalue weighted by molar-refractivity contribution is 7.10. The lowest BCUT2D eigenvalue weighted by Gasteiger charge is -2.37. The van der Waals surface area contributed by atoms with Gasteiger partial charge in [0, 0.05) is 36.2 Å². The van der Waals surface area contributed by atoms with Crippen LogP contribution in [0.2, 0.25) is 0 Å². The second-order valence-electron chi connectivity index (χ2n) is 10.1. The maximum Gasteiger partial charge on any atom is 0.318 e. The van der Waals surface area contributed by atoms with E-state index >= 15 is 0 Å². The molecule has 2 atom stereocenters. The molecule has 7 nitrogen and oxygen atoms in total. The molecule has 3 heterocycles. The predicted octanol–water partition coefficient (Wildman–Crippen LogP) is 4.38. The fourth-order valence-corrected chi connectivity index (χ4v) is 5.44. The number of hydrogen-bond acceptors (Lipinski definition) is 5. The maximum absolute atomic E-state index is 13.6. The minimum absolute atomic E-state index is 0.0439. The van der Waals surface area contributed by atoms with Crippen molar-refractivity contribution >= 4 is 23.3 Å². The summed E-state index contributed by atoms with van der Waals surface area (Å²) in [7, 11) is 0. The van der Waals surface area contributed by atoms with Crippen molar-refractivity contribution in [2.24, 2.45) is 0 Å². The minimum Gasteiger partial charge on any atom is -0.491 e. The van der Waals surface area contributed by atoms with Crippen LogP contribution in [0.3, 0.4) is 0 Å². The molecule has 0 saturated carbocycles. The lowest BCUT2D eigenvalue weighted by Crippen LogP contribution is -2.54. The number of ether oxygens (including phenoxy) is 2. The molecule has 1 N–H and O–H groups in total. The summed E-state index contributed by atoms with van der Waals surface area (Å²) < 4.78 is 25.3. The first-order valence-electron chi connectivity index (χ1n) is 12.1. The second-order valence-corrected chi connectivity index (χ2v) is 11.1. The summed E-state index contributed by atoms with van der Waals surface area (Å²) in [4.78, 5) is 31.3. The van der Waals surface area contributed by atoms with Crippen LogP contribution in [0.15, 0.2) is 35.7 Å². The van der Waals surface area contributed by atoms with Gasteiger partial charge >= 0.3 is 6.03 Å². The van der Waals surface area contributed by atoms with Crippen molar-refractivity contribution in [2.45, 2.75) is 57.7 Å². The Morgan fingerprint density at radius 1 is 1.31 bits per heavy atom. The molecule has 1 saturated heterocycles. The van der Waals surface area contributed by atoms with Crippen LogP contribution in [0.1, 0.15) is 50.1 Å². The van der Waals surface area contributed by atoms with Gasteiger partial charge in [0.05, 0.1) is 12.1 Å². The molecule has 0 aliphatic carbocycles. The number of nitrogens with zero attached hydrogens (tertiary/aromatic N) is 2. The average Bonchev–Trinajstić information content (AvgIpc) is 3.47. The van der Waals surface area contributed by atoms with Gasteiger partial charge in [0.2, 0.25) is 5.91 Å². The number of hydrogen-bond donors (Lipinski definition) is 1. The van der Waals surface area contributed by atoms with Crippen molar-refractivity contribution in [1.29, 1.82) is 0 Å². The Kier molecular flexibility index (Phi) is 7.96. The zero-order chi connectivity index (χ0) is 25.0. The largest absolute Gasteiger partial charge is 0.491 e. The third-order valence-electron chi connectivity index (χ3n) is 6.16. The molecule has 2 aliphatic heterocycles. The van der Waals surface area contributed by atoms with Crippen molar-refractivity contribution in [3.63, 3.8) is 0 Å². The smallest absolute Gasteiger partial charge is 0.318 e. The van der Waals surface area contributed by atoms with E-state index in [1.54, 1.807) is 33.3 Å². The Balaban J connectivity index is 1.50. The van der Waals surface area contributed by atoms with E-state index in [2.05, 4.69) is 5.32 Å². The van der Waals surface area contributed by atoms with Crippen LogP contribution in [0.25, 0.3) is 0 Å². The van der Waals surface area contributed by atoms with Gasteiger partial charge in [-0.15, -0.1) is 11.3 Å². The van der Waals surface area contributed by atoms with Crippen molar-refractivity contribution in [3.8, 4) is 5.75 Å². The molecule has 0 spiro atoms. The molecule has 1 aromatic heterocycles. The molecule has 4 rings (SSSR count). The molecule has 0 unspecified atom stereocenters. The summed E-state index contributed by atoms with van der Waals surface area (Å²) in [6.45, 7) is 7.50. The molecule has 0 radical (unpaired) electrons. The standard InChI is InChI=1S/C26H34FN3O4S/c1-26(2,3)28-25(32)29(15-20-8-5-12-33-20)16-24(31)30-11-9-23-21(10-13-35-23)22(30)17-34-19-7-4-6-18(27)14-19/h4,6-7,10,13-14,20,22H,5,8-9,11-12,15-17H2,1-3H3,(H,28,32)/t20-,22-/m0/s1. The summed E-state index contributed by atoms with van der Waals surface area (Å²) in [5.41, 5.74) is 0.628. The number of carbonyl (C=O) groups is 2. The third-order valence-corrected chi connectivity index (χ3v) is 7.16. The molecule has 35 heavy (non-hydrogen) atoms. The van der Waals surface area contributed by atoms with Gasteiger partial charge < -0.3 is 24.6 Å². The van der Waals surface area contributed by atoms with Crippen LogP contribution in [0, 0.1) is 5.82 Å². The molecule has 0 bridgehead atoms. The van der Waals surface area contributed by atoms with Gasteiger partial charge in [0.15, 0.2) is 0 Å². The molecule has 9 heteroatoms. The topological polar surface area (TPSA) is 71.1 Å². The van der Waals surface area contributed by atoms with Crippen molar-refractivity contribution in [3.05, 3.63) is 52.0 Å². The second kappa shape index (κ2) is 11.0. The Labute approximate surface area is 210 Å². The minimum atomic E-state index is -0.424. The highest BCUT2D eigenvalue weighted by Crippen LogP contribution is 2.34. The SMILES string of the molecule is CC(C)(C)NC(=O)N(CC(=O)N1CCc2sccc2[C@@H]1COc1cccc(F)c1)C[C@@H]1CCCO1. The summed E-state index contributed by atoms with van der Waals surface area (Å²) in [5.74, 6) is -0.0917. The van der Waals surface area contributed by atoms with Crippen molar-refractivity contribution < 1.29 is 23.5 Å². The van der Waals surface area contributed by atoms with Crippen molar-refractivity contribution in [2.75, 3.05) is 32.8 Å². The number of rotatable bonds is 7. The lowest BCUT2D eigenvalue weighted by atomic mass is 10.0. The normalized spacial score (nSPS) is 19.8. The average molecular weight is 504 g/mol. The summed E-state index contributed by atoms with van der Waals surface area (Å²) >= 11 is 1.67. The van der Waals surface area contributed by atoms with Crippen LogP contribution < -0.4 is 10.1 Å². The summed E-state index contributed by atoms with van der Waals surface area (Å²) in [6, 6.07) is 7.44. The lowest BCUT2D eigenvalue weighted by molar-refractivity contribution is -0.135. The fraction of sp³-hybridized carbons (Fsp3) is 0.538. The van der Waals surface area contributed by atoms with Crippen LogP contribution >= 0.6 is 11.3 Å². The number of thiophene rings is 1. The van der Waals surface area contributed by atoms with Gasteiger partial charge in [0.25, 0.3) is 0 Å². The molecule has 190 valence electrons. The van der Waals surface area contributed by atoms with E-state index in [0.29, 0.717) is 25.4 Å². The summed E-state index contributed by atoms with van der Waals surface area (Å²) in [5, 5.41) is 5.00. The molecular formula is C26H34FN3O4S. The first-order valence-corrected chi connectivity index (χ1v) is 13.0. The number of carbonyl (C=O) groups excluding carboxylic acids is 2. The molecule has 2 aromatic rings. The third kappa shape index (κ3) is 6.73. The van der Waals surface area contributed by atoms with E-state index in [-0.39, 0.29) is 43.1 Å². The van der Waals surface area contributed by atoms with E-state index in [1.165, 1.54) is 17.0 Å². The number of amides is 3. The quantitative estimate of drug-likeness (QED) is 0.609. The van der Waals surface area contributed by atoms with Crippen LogP contribution in [0.5, 0.6) is 5.75 Å². The van der Waals surface area contributed by atoms with Crippen molar-refractivity contribution in [1.82, 2.24) is 15.1 Å². The van der Waals surface area contributed by atoms with Gasteiger partial charge in [-0.3, -0.25) is 4.79 Å². The number of urea groups is 1.